The number of rotatable bonds is 3. The van der Waals surface area contributed by atoms with Gasteiger partial charge in [-0.1, -0.05) is 30.3 Å². The average Bonchev–Trinajstić information content (AvgIpc) is 2.28. The van der Waals surface area contributed by atoms with Gasteiger partial charge in [-0.2, -0.15) is 0 Å². The van der Waals surface area contributed by atoms with Crippen LogP contribution in [-0.4, -0.2) is 21.1 Å². The van der Waals surface area contributed by atoms with Crippen LogP contribution in [0.1, 0.15) is 5.56 Å². The topological polar surface area (TPSA) is 113 Å². The lowest BCUT2D eigenvalue weighted by Gasteiger charge is -2.16. The van der Waals surface area contributed by atoms with Crippen LogP contribution in [0.4, 0.5) is 0 Å². The third-order valence-electron chi connectivity index (χ3n) is 1.93. The van der Waals surface area contributed by atoms with Gasteiger partial charge in [0, 0.05) is 0 Å². The van der Waals surface area contributed by atoms with Gasteiger partial charge < -0.3 is 15.9 Å². The van der Waals surface area contributed by atoms with Crippen molar-refractivity contribution in [1.82, 2.24) is 5.01 Å². The Bertz CT molecular complexity index is 399. The predicted molar refractivity (Wildman–Crippen MR) is 57.7 cm³/mol. The molecule has 86 valence electrons. The molecule has 0 aliphatic rings. The molecule has 1 aromatic carbocycles. The minimum absolute atomic E-state index is 0.133. The first-order chi connectivity index (χ1) is 7.52. The van der Waals surface area contributed by atoms with E-state index >= 15 is 0 Å². The summed E-state index contributed by atoms with van der Waals surface area (Å²) < 4.78 is 0. The predicted octanol–water partition coefficient (Wildman–Crippen LogP) is 0.133. The summed E-state index contributed by atoms with van der Waals surface area (Å²) in [7, 11) is 0. The fourth-order valence-corrected chi connectivity index (χ4v) is 1.10. The minimum Gasteiger partial charge on any atom is -0.479 e. The maximum Gasteiger partial charge on any atom is 0.304 e. The zero-order chi connectivity index (χ0) is 12.1. The van der Waals surface area contributed by atoms with Crippen LogP contribution in [0, 0.1) is 0 Å². The van der Waals surface area contributed by atoms with Crippen molar-refractivity contribution >= 4 is 5.91 Å². The lowest BCUT2D eigenvalue weighted by molar-refractivity contribution is -0.128. The molecule has 6 nitrogen and oxygen atoms in total. The van der Waals surface area contributed by atoms with E-state index in [0.717, 1.165) is 10.6 Å². The fraction of sp³-hybridized carbons (Fsp3) is 0.100. The molecule has 1 amide bonds. The number of hydrogen-bond acceptors (Lipinski definition) is 5. The van der Waals surface area contributed by atoms with Crippen molar-refractivity contribution in [3.8, 4) is 0 Å². The van der Waals surface area contributed by atoms with Gasteiger partial charge in [0.2, 0.25) is 0 Å². The zero-order valence-electron chi connectivity index (χ0n) is 8.50. The Morgan fingerprint density at radius 2 is 1.81 bits per heavy atom. The highest BCUT2D eigenvalue weighted by Gasteiger charge is 2.16. The van der Waals surface area contributed by atoms with Crippen LogP contribution in [0.3, 0.4) is 0 Å². The first-order valence-electron chi connectivity index (χ1n) is 4.50. The zero-order valence-corrected chi connectivity index (χ0v) is 8.50. The third-order valence-corrected chi connectivity index (χ3v) is 1.93. The third kappa shape index (κ3) is 2.89. The van der Waals surface area contributed by atoms with E-state index in [-0.39, 0.29) is 6.54 Å². The first-order valence-corrected chi connectivity index (χ1v) is 4.50. The van der Waals surface area contributed by atoms with Gasteiger partial charge in [0.1, 0.15) is 0 Å². The van der Waals surface area contributed by atoms with E-state index in [1.54, 1.807) is 24.3 Å². The Labute approximate surface area is 92.4 Å². The summed E-state index contributed by atoms with van der Waals surface area (Å²) in [6.07, 6.45) is 0. The SMILES string of the molecule is NC(C(=O)N(N)Cc1ccccc1)=C(O)O. The Morgan fingerprint density at radius 3 is 2.31 bits per heavy atom. The summed E-state index contributed by atoms with van der Waals surface area (Å²) in [4.78, 5) is 11.4. The number of hydrogen-bond donors (Lipinski definition) is 4. The van der Waals surface area contributed by atoms with Gasteiger partial charge >= 0.3 is 5.95 Å². The number of aliphatic hydroxyl groups excluding tert-OH is 1. The summed E-state index contributed by atoms with van der Waals surface area (Å²) in [5.41, 5.74) is 5.25. The lowest BCUT2D eigenvalue weighted by Crippen LogP contribution is -2.40. The van der Waals surface area contributed by atoms with Crippen LogP contribution >= 0.6 is 0 Å². The number of aliphatic hydroxyl groups is 2. The van der Waals surface area contributed by atoms with Crippen molar-refractivity contribution in [2.24, 2.45) is 11.6 Å². The Morgan fingerprint density at radius 1 is 1.25 bits per heavy atom. The van der Waals surface area contributed by atoms with Crippen LogP contribution in [-0.2, 0) is 11.3 Å². The average molecular weight is 223 g/mol. The maximum atomic E-state index is 11.4. The summed E-state index contributed by atoms with van der Waals surface area (Å²) >= 11 is 0. The summed E-state index contributed by atoms with van der Waals surface area (Å²) in [5, 5.41) is 18.0. The molecule has 0 unspecified atom stereocenters. The molecule has 0 heterocycles. The second-order valence-electron chi connectivity index (χ2n) is 3.16. The first kappa shape index (κ1) is 11.9. The number of nitrogens with two attached hydrogens (primary N) is 2. The fourth-order valence-electron chi connectivity index (χ4n) is 1.10. The summed E-state index contributed by atoms with van der Waals surface area (Å²) in [6, 6.07) is 9.00. The van der Waals surface area contributed by atoms with Gasteiger partial charge in [-0.05, 0) is 5.56 Å². The standard InChI is InChI=1S/C10H13N3O3/c11-8(10(15)16)9(14)13(12)6-7-4-2-1-3-5-7/h1-5,15-16H,6,11-12H2. The van der Waals surface area contributed by atoms with Crippen LogP contribution in [0.5, 0.6) is 0 Å². The molecule has 16 heavy (non-hydrogen) atoms. The molecule has 0 aromatic heterocycles. The largest absolute Gasteiger partial charge is 0.479 e. The van der Waals surface area contributed by atoms with E-state index in [1.165, 1.54) is 0 Å². The van der Waals surface area contributed by atoms with Gasteiger partial charge in [0.05, 0.1) is 6.54 Å². The quantitative estimate of drug-likeness (QED) is 0.191. The van der Waals surface area contributed by atoms with E-state index in [0.29, 0.717) is 0 Å². The molecule has 6 N–H and O–H groups in total. The number of nitrogens with zero attached hydrogens (tertiary/aromatic N) is 1. The highest BCUT2D eigenvalue weighted by molar-refractivity contribution is 5.92. The normalized spacial score (nSPS) is 9.56. The number of carbonyl (C=O) groups excluding carboxylic acids is 1. The van der Waals surface area contributed by atoms with Crippen LogP contribution in [0.2, 0.25) is 0 Å². The van der Waals surface area contributed by atoms with Gasteiger partial charge in [0.15, 0.2) is 5.70 Å². The van der Waals surface area contributed by atoms with Crippen molar-refractivity contribution in [3.05, 3.63) is 47.5 Å². The molecular weight excluding hydrogens is 210 g/mol. The van der Waals surface area contributed by atoms with Gasteiger partial charge in [-0.25, -0.2) is 5.84 Å². The van der Waals surface area contributed by atoms with E-state index < -0.39 is 17.5 Å². The van der Waals surface area contributed by atoms with Crippen molar-refractivity contribution in [2.45, 2.75) is 6.54 Å². The number of carbonyl (C=O) groups is 1. The molecule has 1 rings (SSSR count). The van der Waals surface area contributed by atoms with Crippen molar-refractivity contribution in [1.29, 1.82) is 0 Å². The molecule has 6 heteroatoms. The molecule has 0 radical (unpaired) electrons. The Hall–Kier alpha value is -2.21. The lowest BCUT2D eigenvalue weighted by atomic mass is 10.2. The monoisotopic (exact) mass is 223 g/mol. The molecule has 0 saturated heterocycles. The smallest absolute Gasteiger partial charge is 0.304 e. The van der Waals surface area contributed by atoms with E-state index in [2.05, 4.69) is 0 Å². The molecule has 0 aliphatic carbocycles. The number of amides is 1. The van der Waals surface area contributed by atoms with Gasteiger partial charge in [0.25, 0.3) is 5.91 Å². The molecule has 1 aromatic rings. The molecule has 0 bridgehead atoms. The molecular formula is C10H13N3O3. The molecule has 0 fully saturated rings. The highest BCUT2D eigenvalue weighted by atomic mass is 16.5. The van der Waals surface area contributed by atoms with Crippen LogP contribution < -0.4 is 11.6 Å². The minimum atomic E-state index is -1.23. The molecule has 0 aliphatic heterocycles. The summed E-state index contributed by atoms with van der Waals surface area (Å²) in [5.74, 6) is 3.36. The van der Waals surface area contributed by atoms with E-state index in [4.69, 9.17) is 21.8 Å². The van der Waals surface area contributed by atoms with Crippen LogP contribution in [0.25, 0.3) is 0 Å². The Kier molecular flexibility index (Phi) is 3.73. The van der Waals surface area contributed by atoms with Gasteiger partial charge in [-0.15, -0.1) is 0 Å². The van der Waals surface area contributed by atoms with Crippen molar-refractivity contribution < 1.29 is 15.0 Å². The molecule has 0 atom stereocenters. The van der Waals surface area contributed by atoms with E-state index in [9.17, 15) is 4.79 Å². The summed E-state index contributed by atoms with van der Waals surface area (Å²) in [6.45, 7) is 0.133. The molecule has 0 spiro atoms. The second kappa shape index (κ2) is 5.04. The number of hydrazine groups is 1. The van der Waals surface area contributed by atoms with E-state index in [1.807, 2.05) is 6.07 Å². The van der Waals surface area contributed by atoms with Crippen molar-refractivity contribution in [3.63, 3.8) is 0 Å². The maximum absolute atomic E-state index is 11.4. The van der Waals surface area contributed by atoms with Crippen LogP contribution in [0.15, 0.2) is 42.0 Å². The second-order valence-corrected chi connectivity index (χ2v) is 3.16. The van der Waals surface area contributed by atoms with Gasteiger partial charge in [-0.3, -0.25) is 9.80 Å². The number of benzene rings is 1. The Balaban J connectivity index is 2.70. The highest BCUT2D eigenvalue weighted by Crippen LogP contribution is 2.03. The molecule has 0 saturated carbocycles. The van der Waals surface area contributed by atoms with Crippen molar-refractivity contribution in [2.75, 3.05) is 0 Å².